The highest BCUT2D eigenvalue weighted by Gasteiger charge is 2.04. The third-order valence-electron chi connectivity index (χ3n) is 1.93. The quantitative estimate of drug-likeness (QED) is 0.352. The predicted octanol–water partition coefficient (Wildman–Crippen LogP) is 1.43. The van der Waals surface area contributed by atoms with Gasteiger partial charge in [0.1, 0.15) is 6.61 Å². The summed E-state index contributed by atoms with van der Waals surface area (Å²) < 4.78 is 10.6. The summed E-state index contributed by atoms with van der Waals surface area (Å²) in [5.74, 6) is 1.27. The second-order valence-electron chi connectivity index (χ2n) is 3.24. The van der Waals surface area contributed by atoms with Crippen LogP contribution in [-0.2, 0) is 0 Å². The molecule has 0 fully saturated rings. The van der Waals surface area contributed by atoms with Crippen molar-refractivity contribution in [2.24, 2.45) is 10.8 Å². The zero-order valence-electron chi connectivity index (χ0n) is 10.1. The Kier molecular flexibility index (Phi) is 5.66. The van der Waals surface area contributed by atoms with Crippen LogP contribution in [0.25, 0.3) is 0 Å². The second kappa shape index (κ2) is 7.29. The van der Waals surface area contributed by atoms with Gasteiger partial charge in [-0.15, -0.1) is 0 Å². The molecule has 0 aromatic heterocycles. The van der Waals surface area contributed by atoms with Crippen molar-refractivity contribution >= 4 is 23.5 Å². The number of methoxy groups -OCH3 is 1. The van der Waals surface area contributed by atoms with Crippen LogP contribution in [0.3, 0.4) is 0 Å². The summed E-state index contributed by atoms with van der Waals surface area (Å²) >= 11 is 4.63. The molecule has 0 saturated heterocycles. The summed E-state index contributed by atoms with van der Waals surface area (Å²) in [5, 5.41) is 3.97. The molecule has 0 atom stereocenters. The number of nitrogens with zero attached hydrogens (tertiary/aromatic N) is 1. The Morgan fingerprint density at radius 1 is 1.56 bits per heavy atom. The molecule has 6 heteroatoms. The molecule has 0 aliphatic rings. The smallest absolute Gasteiger partial charge is 0.184 e. The number of hydrazone groups is 1. The standard InChI is InChI=1S/C12H15N3O2S/c1-3-6-17-10-5-4-9(7-11(10)16-2)8-14-15-12(13)18/h3-5,7-8H,1,6H2,2H3,(H3,13,15,18)/b14-8+. The van der Waals surface area contributed by atoms with Crippen LogP contribution in [0, 0.1) is 0 Å². The van der Waals surface area contributed by atoms with Crippen LogP contribution < -0.4 is 20.6 Å². The molecule has 1 aromatic rings. The number of hydrogen-bond acceptors (Lipinski definition) is 4. The third-order valence-corrected chi connectivity index (χ3v) is 2.02. The van der Waals surface area contributed by atoms with Crippen LogP contribution in [0.15, 0.2) is 36.0 Å². The molecule has 1 rings (SSSR count). The molecule has 5 nitrogen and oxygen atoms in total. The molecule has 0 heterocycles. The van der Waals surface area contributed by atoms with Gasteiger partial charge in [0.25, 0.3) is 0 Å². The van der Waals surface area contributed by atoms with Crippen molar-refractivity contribution in [2.45, 2.75) is 0 Å². The van der Waals surface area contributed by atoms with Gasteiger partial charge in [0.15, 0.2) is 16.6 Å². The highest BCUT2D eigenvalue weighted by atomic mass is 32.1. The SMILES string of the molecule is C=CCOc1ccc(/C=N/NC(N)=S)cc1OC. The molecule has 0 saturated carbocycles. The van der Waals surface area contributed by atoms with Crippen LogP contribution >= 0.6 is 12.2 Å². The second-order valence-corrected chi connectivity index (χ2v) is 3.68. The van der Waals surface area contributed by atoms with Crippen LogP contribution in [0.5, 0.6) is 11.5 Å². The first-order valence-electron chi connectivity index (χ1n) is 5.17. The molecular weight excluding hydrogens is 250 g/mol. The Labute approximate surface area is 111 Å². The fraction of sp³-hybridized carbons (Fsp3) is 0.167. The van der Waals surface area contributed by atoms with Crippen LogP contribution in [0.4, 0.5) is 0 Å². The highest BCUT2D eigenvalue weighted by Crippen LogP contribution is 2.27. The van der Waals surface area contributed by atoms with Gasteiger partial charge in [0, 0.05) is 0 Å². The summed E-state index contributed by atoms with van der Waals surface area (Å²) in [4.78, 5) is 0. The zero-order valence-corrected chi connectivity index (χ0v) is 10.9. The molecule has 0 spiro atoms. The van der Waals surface area contributed by atoms with E-state index in [4.69, 9.17) is 15.2 Å². The van der Waals surface area contributed by atoms with Gasteiger partial charge >= 0.3 is 0 Å². The molecule has 0 aliphatic heterocycles. The number of nitrogens with one attached hydrogen (secondary N) is 1. The van der Waals surface area contributed by atoms with Gasteiger partial charge in [-0.1, -0.05) is 12.7 Å². The highest BCUT2D eigenvalue weighted by molar-refractivity contribution is 7.80. The summed E-state index contributed by atoms with van der Waals surface area (Å²) in [6.07, 6.45) is 3.25. The van der Waals surface area contributed by atoms with Crippen LogP contribution in [-0.4, -0.2) is 25.0 Å². The van der Waals surface area contributed by atoms with Gasteiger partial charge in [-0.25, -0.2) is 0 Å². The lowest BCUT2D eigenvalue weighted by molar-refractivity contribution is 0.326. The first-order valence-corrected chi connectivity index (χ1v) is 5.58. The largest absolute Gasteiger partial charge is 0.493 e. The molecule has 0 radical (unpaired) electrons. The minimum absolute atomic E-state index is 0.115. The first-order chi connectivity index (χ1) is 8.67. The molecule has 0 amide bonds. The molecule has 3 N–H and O–H groups in total. The normalized spacial score (nSPS) is 10.1. The van der Waals surface area contributed by atoms with E-state index in [0.717, 1.165) is 5.56 Å². The maximum absolute atomic E-state index is 5.43. The zero-order chi connectivity index (χ0) is 13.4. The van der Waals surface area contributed by atoms with Gasteiger partial charge in [0.05, 0.1) is 13.3 Å². The fourth-order valence-electron chi connectivity index (χ4n) is 1.20. The molecule has 0 unspecified atom stereocenters. The fourth-order valence-corrected chi connectivity index (χ4v) is 1.26. The maximum Gasteiger partial charge on any atom is 0.184 e. The average molecular weight is 265 g/mol. The number of rotatable bonds is 6. The number of thiocarbonyl (C=S) groups is 1. The van der Waals surface area contributed by atoms with E-state index in [1.54, 1.807) is 31.5 Å². The van der Waals surface area contributed by atoms with Crippen molar-refractivity contribution in [3.63, 3.8) is 0 Å². The summed E-state index contributed by atoms with van der Waals surface area (Å²) in [6.45, 7) is 4.01. The van der Waals surface area contributed by atoms with Gasteiger partial charge in [-0.2, -0.15) is 5.10 Å². The molecule has 1 aromatic carbocycles. The average Bonchev–Trinajstić information content (AvgIpc) is 2.36. The lowest BCUT2D eigenvalue weighted by Crippen LogP contribution is -2.23. The minimum Gasteiger partial charge on any atom is -0.493 e. The van der Waals surface area contributed by atoms with E-state index in [2.05, 4.69) is 29.3 Å². The predicted molar refractivity (Wildman–Crippen MR) is 76.2 cm³/mol. The maximum atomic E-state index is 5.43. The Bertz CT molecular complexity index is 461. The Balaban J connectivity index is 2.80. The molecular formula is C12H15N3O2S. The van der Waals surface area contributed by atoms with Crippen LogP contribution in [0.2, 0.25) is 0 Å². The van der Waals surface area contributed by atoms with E-state index in [-0.39, 0.29) is 5.11 Å². The lowest BCUT2D eigenvalue weighted by atomic mass is 10.2. The summed E-state index contributed by atoms with van der Waals surface area (Å²) in [7, 11) is 1.57. The van der Waals surface area contributed by atoms with Crippen molar-refractivity contribution in [2.75, 3.05) is 13.7 Å². The van der Waals surface area contributed by atoms with Gasteiger partial charge in [-0.05, 0) is 36.0 Å². The monoisotopic (exact) mass is 265 g/mol. The van der Waals surface area contributed by atoms with Crippen molar-refractivity contribution < 1.29 is 9.47 Å². The van der Waals surface area contributed by atoms with E-state index in [0.29, 0.717) is 18.1 Å². The van der Waals surface area contributed by atoms with Crippen molar-refractivity contribution in [3.05, 3.63) is 36.4 Å². The minimum atomic E-state index is 0.115. The van der Waals surface area contributed by atoms with Gasteiger partial charge in [-0.3, -0.25) is 5.43 Å². The van der Waals surface area contributed by atoms with Crippen LogP contribution in [0.1, 0.15) is 5.56 Å². The third kappa shape index (κ3) is 4.42. The topological polar surface area (TPSA) is 68.9 Å². The first kappa shape index (κ1) is 14.0. The van der Waals surface area contributed by atoms with Gasteiger partial charge in [0.2, 0.25) is 0 Å². The number of hydrogen-bond donors (Lipinski definition) is 2. The molecule has 96 valence electrons. The van der Waals surface area contributed by atoms with Gasteiger partial charge < -0.3 is 15.2 Å². The van der Waals surface area contributed by atoms with E-state index < -0.39 is 0 Å². The molecule has 18 heavy (non-hydrogen) atoms. The number of ether oxygens (including phenoxy) is 2. The van der Waals surface area contributed by atoms with Crippen molar-refractivity contribution in [1.82, 2.24) is 5.43 Å². The Morgan fingerprint density at radius 2 is 2.33 bits per heavy atom. The Hall–Kier alpha value is -2.08. The Morgan fingerprint density at radius 3 is 2.94 bits per heavy atom. The van der Waals surface area contributed by atoms with Crippen molar-refractivity contribution in [1.29, 1.82) is 0 Å². The lowest BCUT2D eigenvalue weighted by Gasteiger charge is -2.09. The summed E-state index contributed by atoms with van der Waals surface area (Å²) in [5.41, 5.74) is 8.55. The molecule has 0 aliphatic carbocycles. The van der Waals surface area contributed by atoms with Crippen molar-refractivity contribution in [3.8, 4) is 11.5 Å². The van der Waals surface area contributed by atoms with E-state index >= 15 is 0 Å². The van der Waals surface area contributed by atoms with E-state index in [9.17, 15) is 0 Å². The summed E-state index contributed by atoms with van der Waals surface area (Å²) in [6, 6.07) is 5.43. The molecule has 0 bridgehead atoms. The van der Waals surface area contributed by atoms with E-state index in [1.165, 1.54) is 0 Å². The number of nitrogens with two attached hydrogens (primary N) is 1. The number of benzene rings is 1. The van der Waals surface area contributed by atoms with E-state index in [1.807, 2.05) is 6.07 Å².